The maximum Gasteiger partial charge on any atom is 0.227 e. The number of anilines is 1. The third kappa shape index (κ3) is 3.37. The molecule has 0 radical (unpaired) electrons. The molecule has 0 heterocycles. The third-order valence-corrected chi connectivity index (χ3v) is 3.04. The molecule has 16 heavy (non-hydrogen) atoms. The highest BCUT2D eigenvalue weighted by Gasteiger charge is 2.16. The first kappa shape index (κ1) is 12.8. The number of hydrogen-bond donors (Lipinski definition) is 1. The van der Waals surface area contributed by atoms with Crippen molar-refractivity contribution in [2.24, 2.45) is 11.8 Å². The van der Waals surface area contributed by atoms with E-state index >= 15 is 0 Å². The van der Waals surface area contributed by atoms with Gasteiger partial charge in [0, 0.05) is 11.6 Å². The summed E-state index contributed by atoms with van der Waals surface area (Å²) in [5.41, 5.74) is 2.17. The van der Waals surface area contributed by atoms with Gasteiger partial charge in [-0.15, -0.1) is 0 Å². The van der Waals surface area contributed by atoms with Gasteiger partial charge in [0.2, 0.25) is 5.91 Å². The molecule has 0 fully saturated rings. The van der Waals surface area contributed by atoms with Crippen molar-refractivity contribution in [1.82, 2.24) is 0 Å². The molecule has 1 amide bonds. The Kier molecular flexibility index (Phi) is 4.53. The van der Waals surface area contributed by atoms with Crippen molar-refractivity contribution in [1.29, 1.82) is 0 Å². The number of benzene rings is 1. The Balaban J connectivity index is 2.62. The molecule has 1 rings (SSSR count). The average molecular weight is 219 g/mol. The Hall–Kier alpha value is -1.31. The Morgan fingerprint density at radius 3 is 2.19 bits per heavy atom. The topological polar surface area (TPSA) is 29.1 Å². The van der Waals surface area contributed by atoms with E-state index in [-0.39, 0.29) is 11.8 Å². The Morgan fingerprint density at radius 2 is 1.75 bits per heavy atom. The number of carbonyl (C=O) groups excluding carboxylic acids is 1. The second-order valence-electron chi connectivity index (χ2n) is 4.57. The van der Waals surface area contributed by atoms with Gasteiger partial charge in [0.25, 0.3) is 0 Å². The van der Waals surface area contributed by atoms with Crippen LogP contribution in [0.15, 0.2) is 24.3 Å². The fraction of sp³-hybridized carbons (Fsp3) is 0.500. The van der Waals surface area contributed by atoms with E-state index < -0.39 is 0 Å². The van der Waals surface area contributed by atoms with Crippen LogP contribution >= 0.6 is 0 Å². The summed E-state index contributed by atoms with van der Waals surface area (Å²) in [4.78, 5) is 11.8. The maximum atomic E-state index is 11.8. The molecule has 1 unspecified atom stereocenters. The van der Waals surface area contributed by atoms with Gasteiger partial charge in [-0.2, -0.15) is 0 Å². The fourth-order valence-electron chi connectivity index (χ4n) is 1.38. The minimum atomic E-state index is 0.0471. The van der Waals surface area contributed by atoms with Gasteiger partial charge in [0.15, 0.2) is 0 Å². The van der Waals surface area contributed by atoms with E-state index in [9.17, 15) is 4.79 Å². The first-order valence-electron chi connectivity index (χ1n) is 5.94. The van der Waals surface area contributed by atoms with Crippen molar-refractivity contribution in [3.63, 3.8) is 0 Å². The molecular weight excluding hydrogens is 198 g/mol. The lowest BCUT2D eigenvalue weighted by molar-refractivity contribution is -0.120. The first-order chi connectivity index (χ1) is 7.54. The first-order valence-corrected chi connectivity index (χ1v) is 5.94. The van der Waals surface area contributed by atoms with Crippen LogP contribution in [0, 0.1) is 11.8 Å². The van der Waals surface area contributed by atoms with Crippen LogP contribution in [0.1, 0.15) is 33.3 Å². The lowest BCUT2D eigenvalue weighted by Crippen LogP contribution is -2.24. The van der Waals surface area contributed by atoms with Crippen LogP contribution in [0.2, 0.25) is 0 Å². The molecule has 1 aromatic rings. The Morgan fingerprint density at radius 1 is 1.19 bits per heavy atom. The van der Waals surface area contributed by atoms with Crippen LogP contribution in [0.4, 0.5) is 5.69 Å². The summed E-state index contributed by atoms with van der Waals surface area (Å²) in [6, 6.07) is 8.03. The predicted octanol–water partition coefficient (Wildman–Crippen LogP) is 3.48. The van der Waals surface area contributed by atoms with E-state index in [1.165, 1.54) is 5.56 Å². The van der Waals surface area contributed by atoms with Gasteiger partial charge in [-0.1, -0.05) is 39.8 Å². The summed E-state index contributed by atoms with van der Waals surface area (Å²) in [7, 11) is 0. The van der Waals surface area contributed by atoms with E-state index in [1.807, 2.05) is 19.1 Å². The van der Waals surface area contributed by atoms with Gasteiger partial charge < -0.3 is 5.32 Å². The van der Waals surface area contributed by atoms with Crippen molar-refractivity contribution in [3.05, 3.63) is 29.8 Å². The van der Waals surface area contributed by atoms with Gasteiger partial charge >= 0.3 is 0 Å². The smallest absolute Gasteiger partial charge is 0.227 e. The van der Waals surface area contributed by atoms with Crippen LogP contribution in [-0.4, -0.2) is 5.91 Å². The monoisotopic (exact) mass is 219 g/mol. The summed E-state index contributed by atoms with van der Waals surface area (Å²) >= 11 is 0. The molecule has 88 valence electrons. The number of rotatable bonds is 4. The summed E-state index contributed by atoms with van der Waals surface area (Å²) in [6.07, 6.45) is 1.02. The molecule has 1 atom stereocenters. The molecule has 0 aliphatic carbocycles. The lowest BCUT2D eigenvalue weighted by atomic mass is 9.97. The standard InChI is InChI=1S/C14H21NO/c1-5-12-6-8-13(9-7-12)15-14(16)11(4)10(2)3/h6-11H,5H2,1-4H3,(H,15,16). The van der Waals surface area contributed by atoms with E-state index in [4.69, 9.17) is 0 Å². The summed E-state index contributed by atoms with van der Waals surface area (Å²) < 4.78 is 0. The van der Waals surface area contributed by atoms with Gasteiger partial charge in [-0.3, -0.25) is 4.79 Å². The molecule has 0 saturated heterocycles. The van der Waals surface area contributed by atoms with Crippen LogP contribution in [-0.2, 0) is 11.2 Å². The summed E-state index contributed by atoms with van der Waals surface area (Å²) in [5, 5.41) is 2.94. The number of carbonyl (C=O) groups is 1. The van der Waals surface area contributed by atoms with Crippen LogP contribution in [0.25, 0.3) is 0 Å². The number of nitrogens with one attached hydrogen (secondary N) is 1. The maximum absolute atomic E-state index is 11.8. The SMILES string of the molecule is CCc1ccc(NC(=O)C(C)C(C)C)cc1. The minimum absolute atomic E-state index is 0.0471. The third-order valence-electron chi connectivity index (χ3n) is 3.04. The van der Waals surface area contributed by atoms with E-state index in [0.29, 0.717) is 5.92 Å². The second-order valence-corrected chi connectivity index (χ2v) is 4.57. The average Bonchev–Trinajstić information content (AvgIpc) is 2.28. The number of aryl methyl sites for hydroxylation is 1. The molecule has 0 saturated carbocycles. The molecule has 0 spiro atoms. The van der Waals surface area contributed by atoms with Crippen molar-refractivity contribution in [2.45, 2.75) is 34.1 Å². The normalized spacial score (nSPS) is 12.6. The van der Waals surface area contributed by atoms with Gasteiger partial charge in [-0.25, -0.2) is 0 Å². The Labute approximate surface area is 98.1 Å². The highest BCUT2D eigenvalue weighted by Crippen LogP contribution is 2.15. The number of amides is 1. The second kappa shape index (κ2) is 5.69. The zero-order chi connectivity index (χ0) is 12.1. The van der Waals surface area contributed by atoms with Crippen molar-refractivity contribution in [3.8, 4) is 0 Å². The van der Waals surface area contributed by atoms with Crippen molar-refractivity contribution in [2.75, 3.05) is 5.32 Å². The van der Waals surface area contributed by atoms with Gasteiger partial charge in [0.1, 0.15) is 0 Å². The zero-order valence-corrected chi connectivity index (χ0v) is 10.6. The van der Waals surface area contributed by atoms with Crippen molar-refractivity contribution < 1.29 is 4.79 Å². The van der Waals surface area contributed by atoms with Gasteiger partial charge in [0.05, 0.1) is 0 Å². The predicted molar refractivity (Wildman–Crippen MR) is 68.5 cm³/mol. The zero-order valence-electron chi connectivity index (χ0n) is 10.6. The van der Waals surface area contributed by atoms with E-state index in [2.05, 4.69) is 38.2 Å². The fourth-order valence-corrected chi connectivity index (χ4v) is 1.38. The molecule has 2 heteroatoms. The molecule has 0 aromatic heterocycles. The molecule has 1 aromatic carbocycles. The molecule has 0 bridgehead atoms. The summed E-state index contributed by atoms with van der Waals surface area (Å²) in [6.45, 7) is 8.20. The highest BCUT2D eigenvalue weighted by atomic mass is 16.1. The van der Waals surface area contributed by atoms with E-state index in [1.54, 1.807) is 0 Å². The molecule has 1 N–H and O–H groups in total. The molecular formula is C14H21NO. The molecule has 0 aliphatic rings. The van der Waals surface area contributed by atoms with Crippen molar-refractivity contribution >= 4 is 11.6 Å². The highest BCUT2D eigenvalue weighted by molar-refractivity contribution is 5.92. The van der Waals surface area contributed by atoms with Crippen LogP contribution in [0.3, 0.4) is 0 Å². The quantitative estimate of drug-likeness (QED) is 0.825. The summed E-state index contributed by atoms with van der Waals surface area (Å²) in [5.74, 6) is 0.514. The minimum Gasteiger partial charge on any atom is -0.326 e. The lowest BCUT2D eigenvalue weighted by Gasteiger charge is -2.15. The van der Waals surface area contributed by atoms with E-state index in [0.717, 1.165) is 12.1 Å². The van der Waals surface area contributed by atoms with Crippen LogP contribution in [0.5, 0.6) is 0 Å². The number of hydrogen-bond acceptors (Lipinski definition) is 1. The van der Waals surface area contributed by atoms with Crippen LogP contribution < -0.4 is 5.32 Å². The Bertz CT molecular complexity index is 340. The molecule has 0 aliphatic heterocycles. The van der Waals surface area contributed by atoms with Gasteiger partial charge in [-0.05, 0) is 30.0 Å². The largest absolute Gasteiger partial charge is 0.326 e. The molecule has 2 nitrogen and oxygen atoms in total.